The molecule has 3 aromatic carbocycles. The Labute approximate surface area is 169 Å². The van der Waals surface area contributed by atoms with Gasteiger partial charge in [0.2, 0.25) is 0 Å². The monoisotopic (exact) mass is 368 g/mol. The number of ether oxygens (including phenoxy) is 1. The summed E-state index contributed by atoms with van der Waals surface area (Å²) in [6, 6.07) is 26.1. The molecule has 0 fully saturated rings. The van der Waals surface area contributed by atoms with E-state index >= 15 is 0 Å². The Morgan fingerprint density at radius 3 is 1.68 bits per heavy atom. The SMILES string of the molecule is C/C=C\c1ccc(-c2ccc(-c3ccc(COC/C=C/CC)cc3)cc2)cc1. The van der Waals surface area contributed by atoms with Gasteiger partial charge in [-0.3, -0.25) is 0 Å². The zero-order chi connectivity index (χ0) is 19.6. The molecule has 0 amide bonds. The predicted octanol–water partition coefficient (Wildman–Crippen LogP) is 7.54. The highest BCUT2D eigenvalue weighted by molar-refractivity contribution is 5.71. The van der Waals surface area contributed by atoms with Crippen LogP contribution >= 0.6 is 0 Å². The van der Waals surface area contributed by atoms with Crippen molar-refractivity contribution in [1.29, 1.82) is 0 Å². The third kappa shape index (κ3) is 5.55. The summed E-state index contributed by atoms with van der Waals surface area (Å²) in [6.07, 6.45) is 9.43. The van der Waals surface area contributed by atoms with Crippen LogP contribution in [0.3, 0.4) is 0 Å². The van der Waals surface area contributed by atoms with Gasteiger partial charge in [0.15, 0.2) is 0 Å². The van der Waals surface area contributed by atoms with E-state index in [0.717, 1.165) is 6.42 Å². The van der Waals surface area contributed by atoms with Gasteiger partial charge in [-0.1, -0.05) is 104 Å². The van der Waals surface area contributed by atoms with E-state index in [1.807, 2.05) is 6.92 Å². The van der Waals surface area contributed by atoms with Crippen molar-refractivity contribution < 1.29 is 4.74 Å². The first-order valence-electron chi connectivity index (χ1n) is 9.95. The number of hydrogen-bond acceptors (Lipinski definition) is 1. The van der Waals surface area contributed by atoms with E-state index in [0.29, 0.717) is 13.2 Å². The normalized spacial score (nSPS) is 11.5. The van der Waals surface area contributed by atoms with E-state index in [-0.39, 0.29) is 0 Å². The molecule has 3 rings (SSSR count). The second kappa shape index (κ2) is 10.4. The van der Waals surface area contributed by atoms with Gasteiger partial charge in [-0.25, -0.2) is 0 Å². The van der Waals surface area contributed by atoms with Crippen LogP contribution in [0, 0.1) is 0 Å². The number of allylic oxidation sites excluding steroid dienone is 2. The van der Waals surface area contributed by atoms with Gasteiger partial charge in [-0.15, -0.1) is 0 Å². The van der Waals surface area contributed by atoms with Crippen LogP contribution in [-0.2, 0) is 11.3 Å². The molecule has 142 valence electrons. The first-order valence-corrected chi connectivity index (χ1v) is 9.95. The van der Waals surface area contributed by atoms with Crippen molar-refractivity contribution >= 4 is 6.08 Å². The molecule has 0 spiro atoms. The van der Waals surface area contributed by atoms with Gasteiger partial charge in [-0.05, 0) is 46.7 Å². The molecule has 28 heavy (non-hydrogen) atoms. The van der Waals surface area contributed by atoms with Gasteiger partial charge in [0.25, 0.3) is 0 Å². The molecule has 3 aromatic rings. The van der Waals surface area contributed by atoms with Gasteiger partial charge in [0.05, 0.1) is 13.2 Å². The molecular formula is C27H28O. The average Bonchev–Trinajstić information content (AvgIpc) is 2.75. The Hall–Kier alpha value is -2.90. The minimum atomic E-state index is 0.649. The number of hydrogen-bond donors (Lipinski definition) is 0. The van der Waals surface area contributed by atoms with Crippen LogP contribution in [0.15, 0.2) is 91.0 Å². The third-order valence-electron chi connectivity index (χ3n) is 4.66. The van der Waals surface area contributed by atoms with Crippen molar-refractivity contribution in [2.75, 3.05) is 6.61 Å². The molecule has 0 N–H and O–H groups in total. The minimum Gasteiger partial charge on any atom is -0.373 e. The van der Waals surface area contributed by atoms with Gasteiger partial charge >= 0.3 is 0 Å². The molecule has 0 saturated heterocycles. The fraction of sp³-hybridized carbons (Fsp3) is 0.185. The molecule has 0 radical (unpaired) electrons. The Morgan fingerprint density at radius 1 is 0.679 bits per heavy atom. The van der Waals surface area contributed by atoms with Gasteiger partial charge in [-0.2, -0.15) is 0 Å². The molecule has 0 heterocycles. The van der Waals surface area contributed by atoms with E-state index in [2.05, 4.69) is 104 Å². The topological polar surface area (TPSA) is 9.23 Å². The van der Waals surface area contributed by atoms with Crippen molar-refractivity contribution in [2.45, 2.75) is 26.9 Å². The zero-order valence-corrected chi connectivity index (χ0v) is 16.8. The lowest BCUT2D eigenvalue weighted by molar-refractivity contribution is 0.148. The first kappa shape index (κ1) is 19.9. The van der Waals surface area contributed by atoms with Crippen molar-refractivity contribution in [2.24, 2.45) is 0 Å². The second-order valence-electron chi connectivity index (χ2n) is 6.79. The van der Waals surface area contributed by atoms with E-state index in [4.69, 9.17) is 4.74 Å². The molecule has 0 aliphatic heterocycles. The molecule has 0 saturated carbocycles. The number of benzene rings is 3. The highest BCUT2D eigenvalue weighted by atomic mass is 16.5. The summed E-state index contributed by atoms with van der Waals surface area (Å²) in [7, 11) is 0. The second-order valence-corrected chi connectivity index (χ2v) is 6.79. The van der Waals surface area contributed by atoms with Crippen LogP contribution in [0.1, 0.15) is 31.4 Å². The van der Waals surface area contributed by atoms with Gasteiger partial charge < -0.3 is 4.74 Å². The summed E-state index contributed by atoms with van der Waals surface area (Å²) in [5.41, 5.74) is 7.36. The number of rotatable bonds is 8. The van der Waals surface area contributed by atoms with Crippen LogP contribution in [0.5, 0.6) is 0 Å². The van der Waals surface area contributed by atoms with Crippen LogP contribution in [-0.4, -0.2) is 6.61 Å². The molecule has 0 bridgehead atoms. The van der Waals surface area contributed by atoms with Crippen LogP contribution in [0.25, 0.3) is 28.3 Å². The van der Waals surface area contributed by atoms with Crippen LogP contribution in [0.4, 0.5) is 0 Å². The van der Waals surface area contributed by atoms with Crippen molar-refractivity contribution in [3.8, 4) is 22.3 Å². The lowest BCUT2D eigenvalue weighted by atomic mass is 9.99. The summed E-state index contributed by atoms with van der Waals surface area (Å²) >= 11 is 0. The quantitative estimate of drug-likeness (QED) is 0.295. The molecule has 0 aliphatic carbocycles. The summed E-state index contributed by atoms with van der Waals surface area (Å²) in [6.45, 7) is 5.49. The molecule has 0 unspecified atom stereocenters. The molecule has 1 nitrogen and oxygen atoms in total. The Balaban J connectivity index is 1.63. The first-order chi connectivity index (χ1) is 13.8. The van der Waals surface area contributed by atoms with E-state index in [1.165, 1.54) is 33.4 Å². The zero-order valence-electron chi connectivity index (χ0n) is 16.8. The average molecular weight is 369 g/mol. The van der Waals surface area contributed by atoms with E-state index in [1.54, 1.807) is 0 Å². The molecule has 0 aromatic heterocycles. The maximum atomic E-state index is 5.66. The standard InChI is InChI=1S/C27H28O/c1-3-5-6-20-28-21-23-10-14-25(15-11-23)27-18-16-26(17-19-27)24-12-8-22(7-4-2)9-13-24/h4-19H,3,20-21H2,1-2H3/b6-5+,7-4-. The summed E-state index contributed by atoms with van der Waals surface area (Å²) in [5, 5.41) is 0. The lowest BCUT2D eigenvalue weighted by Gasteiger charge is -2.07. The molecular weight excluding hydrogens is 340 g/mol. The van der Waals surface area contributed by atoms with E-state index < -0.39 is 0 Å². The highest BCUT2D eigenvalue weighted by Crippen LogP contribution is 2.25. The molecule has 0 aliphatic rings. The fourth-order valence-corrected chi connectivity index (χ4v) is 3.11. The summed E-state index contributed by atoms with van der Waals surface area (Å²) in [5.74, 6) is 0. The smallest absolute Gasteiger partial charge is 0.0721 e. The minimum absolute atomic E-state index is 0.649. The van der Waals surface area contributed by atoms with Gasteiger partial charge in [0, 0.05) is 0 Å². The van der Waals surface area contributed by atoms with Gasteiger partial charge in [0.1, 0.15) is 0 Å². The fourth-order valence-electron chi connectivity index (χ4n) is 3.11. The predicted molar refractivity (Wildman–Crippen MR) is 121 cm³/mol. The highest BCUT2D eigenvalue weighted by Gasteiger charge is 2.01. The largest absolute Gasteiger partial charge is 0.373 e. The van der Waals surface area contributed by atoms with E-state index in [9.17, 15) is 0 Å². The summed E-state index contributed by atoms with van der Waals surface area (Å²) in [4.78, 5) is 0. The molecule has 1 heteroatoms. The maximum absolute atomic E-state index is 5.66. The maximum Gasteiger partial charge on any atom is 0.0721 e. The third-order valence-corrected chi connectivity index (χ3v) is 4.66. The van der Waals surface area contributed by atoms with Crippen LogP contribution < -0.4 is 0 Å². The Morgan fingerprint density at radius 2 is 1.18 bits per heavy atom. The van der Waals surface area contributed by atoms with Crippen molar-refractivity contribution in [3.63, 3.8) is 0 Å². The van der Waals surface area contributed by atoms with Crippen molar-refractivity contribution in [3.05, 3.63) is 102 Å². The molecule has 0 atom stereocenters. The van der Waals surface area contributed by atoms with Crippen molar-refractivity contribution in [1.82, 2.24) is 0 Å². The summed E-state index contributed by atoms with van der Waals surface area (Å²) < 4.78 is 5.66. The lowest BCUT2D eigenvalue weighted by Crippen LogP contribution is -1.92. The Kier molecular flexibility index (Phi) is 7.40. The van der Waals surface area contributed by atoms with Crippen LogP contribution in [0.2, 0.25) is 0 Å². The Bertz CT molecular complexity index is 898.